The van der Waals surface area contributed by atoms with Gasteiger partial charge in [0, 0.05) is 51.2 Å². The monoisotopic (exact) mass is 527 g/mol. The van der Waals surface area contributed by atoms with Crippen LogP contribution in [-0.4, -0.2) is 77.9 Å². The Morgan fingerprint density at radius 3 is 2.47 bits per heavy atom. The molecule has 8 nitrogen and oxygen atoms in total. The van der Waals surface area contributed by atoms with E-state index in [1.807, 2.05) is 61.3 Å². The number of piperazine rings is 1. The molecule has 1 fully saturated rings. The summed E-state index contributed by atoms with van der Waals surface area (Å²) in [7, 11) is 0. The molecule has 0 radical (unpaired) electrons. The lowest BCUT2D eigenvalue weighted by Crippen LogP contribution is -2.52. The second kappa shape index (κ2) is 12.5. The number of hydrogen-bond donors (Lipinski definition) is 2. The average Bonchev–Trinajstić information content (AvgIpc) is 3.25. The third-order valence-corrected chi connectivity index (χ3v) is 6.28. The van der Waals surface area contributed by atoms with Crippen LogP contribution in [0, 0.1) is 5.41 Å². The standard InChI is InChI=1S/C27H32F3N7O/c1-5-7-20(6-2)17-33-34-24-9-8-21(14-19(24)3)23-15-22(37(32-4)25(23)16-31)18-35-10-12-36(13-11-35)26(38)27(28,29)30/h5-9,14-16,31,33H,3-4,10-13,17-18H2,1-2H3/b7-5-,20-6+,31-16?,34-24-. The maximum absolute atomic E-state index is 12.7. The Balaban J connectivity index is 1.74. The fourth-order valence-electron chi connectivity index (χ4n) is 4.29. The smallest absolute Gasteiger partial charge is 0.332 e. The van der Waals surface area contributed by atoms with Crippen molar-refractivity contribution in [2.45, 2.75) is 26.6 Å². The van der Waals surface area contributed by atoms with Crippen LogP contribution in [0.1, 0.15) is 30.8 Å². The summed E-state index contributed by atoms with van der Waals surface area (Å²) in [5, 5.41) is 16.5. The molecule has 1 amide bonds. The first-order chi connectivity index (χ1) is 18.1. The van der Waals surface area contributed by atoms with Gasteiger partial charge in [-0.1, -0.05) is 30.9 Å². The Morgan fingerprint density at radius 1 is 1.21 bits per heavy atom. The minimum absolute atomic E-state index is 0.0149. The second-order valence-corrected chi connectivity index (χ2v) is 8.75. The molecule has 2 heterocycles. The van der Waals surface area contributed by atoms with Crippen LogP contribution in [0.4, 0.5) is 13.2 Å². The van der Waals surface area contributed by atoms with E-state index in [1.165, 1.54) is 6.21 Å². The zero-order valence-electron chi connectivity index (χ0n) is 21.6. The molecule has 0 saturated carbocycles. The highest BCUT2D eigenvalue weighted by Gasteiger charge is 2.43. The average molecular weight is 528 g/mol. The zero-order chi connectivity index (χ0) is 27.9. The molecule has 1 saturated heterocycles. The van der Waals surface area contributed by atoms with Gasteiger partial charge in [-0.05, 0) is 48.8 Å². The quantitative estimate of drug-likeness (QED) is 0.288. The Hall–Kier alpha value is -3.99. The summed E-state index contributed by atoms with van der Waals surface area (Å²) in [6.45, 7) is 13.2. The van der Waals surface area contributed by atoms with E-state index in [1.54, 1.807) is 4.68 Å². The molecular weight excluding hydrogens is 495 g/mol. The van der Waals surface area contributed by atoms with Gasteiger partial charge in [0.1, 0.15) is 0 Å². The van der Waals surface area contributed by atoms with E-state index >= 15 is 0 Å². The Kier molecular flexibility index (Phi) is 9.40. The van der Waals surface area contributed by atoms with Crippen LogP contribution in [0.3, 0.4) is 0 Å². The van der Waals surface area contributed by atoms with Crippen molar-refractivity contribution in [2.75, 3.05) is 32.7 Å². The van der Waals surface area contributed by atoms with E-state index in [2.05, 4.69) is 28.9 Å². The molecule has 3 rings (SSSR count). The van der Waals surface area contributed by atoms with E-state index in [-0.39, 0.29) is 26.2 Å². The molecule has 202 valence electrons. The summed E-state index contributed by atoms with van der Waals surface area (Å²) in [6, 6.07) is 1.89. The largest absolute Gasteiger partial charge is 0.471 e. The van der Waals surface area contributed by atoms with Crippen LogP contribution in [0.25, 0.3) is 5.57 Å². The number of hydrogen-bond acceptors (Lipinski definition) is 6. The third kappa shape index (κ3) is 6.65. The van der Waals surface area contributed by atoms with E-state index in [0.29, 0.717) is 30.1 Å². The number of aromatic nitrogens is 1. The number of carbonyl (C=O) groups is 1. The van der Waals surface area contributed by atoms with Gasteiger partial charge < -0.3 is 15.7 Å². The lowest BCUT2D eigenvalue weighted by atomic mass is 9.96. The number of rotatable bonds is 9. The minimum Gasteiger partial charge on any atom is -0.332 e. The predicted octanol–water partition coefficient (Wildman–Crippen LogP) is 4.13. The lowest BCUT2D eigenvalue weighted by Gasteiger charge is -2.34. The van der Waals surface area contributed by atoms with Gasteiger partial charge in [-0.3, -0.25) is 9.69 Å². The molecule has 0 atom stereocenters. The number of hydrazone groups is 1. The zero-order valence-corrected chi connectivity index (χ0v) is 21.6. The number of carbonyl (C=O) groups excluding carboxylic acids is 1. The molecule has 1 aromatic heterocycles. The van der Waals surface area contributed by atoms with Crippen molar-refractivity contribution in [3.8, 4) is 0 Å². The Labute approximate surface area is 220 Å². The summed E-state index contributed by atoms with van der Waals surface area (Å²) in [5.74, 6) is -1.81. The molecule has 0 spiro atoms. The number of nitrogens with one attached hydrogen (secondary N) is 2. The first-order valence-corrected chi connectivity index (χ1v) is 12.1. The molecular formula is C27H32F3N7O. The fraction of sp³-hybridized carbons (Fsp3) is 0.333. The van der Waals surface area contributed by atoms with Crippen molar-refractivity contribution in [3.63, 3.8) is 0 Å². The van der Waals surface area contributed by atoms with Crippen LogP contribution in [-0.2, 0) is 11.3 Å². The molecule has 1 aliphatic heterocycles. The lowest BCUT2D eigenvalue weighted by molar-refractivity contribution is -0.187. The van der Waals surface area contributed by atoms with Gasteiger partial charge in [0.2, 0.25) is 0 Å². The molecule has 1 aromatic rings. The van der Waals surface area contributed by atoms with Crippen LogP contribution < -0.4 is 5.43 Å². The molecule has 2 aliphatic rings. The van der Waals surface area contributed by atoms with Gasteiger partial charge in [-0.25, -0.2) is 4.68 Å². The Morgan fingerprint density at radius 2 is 1.92 bits per heavy atom. The Bertz CT molecular complexity index is 1240. The maximum Gasteiger partial charge on any atom is 0.471 e. The summed E-state index contributed by atoms with van der Waals surface area (Å²) in [6.07, 6.45) is 7.91. The van der Waals surface area contributed by atoms with Gasteiger partial charge >= 0.3 is 12.1 Å². The van der Waals surface area contributed by atoms with Crippen molar-refractivity contribution < 1.29 is 18.0 Å². The molecule has 0 unspecified atom stereocenters. The van der Waals surface area contributed by atoms with Crippen molar-refractivity contribution in [1.82, 2.24) is 19.9 Å². The van der Waals surface area contributed by atoms with Crippen molar-refractivity contribution in [3.05, 3.63) is 77.2 Å². The number of allylic oxidation sites excluding steroid dienone is 7. The topological polar surface area (TPSA) is 89.1 Å². The van der Waals surface area contributed by atoms with Crippen molar-refractivity contribution in [2.24, 2.45) is 10.2 Å². The normalized spacial score (nSPS) is 18.3. The summed E-state index contributed by atoms with van der Waals surface area (Å²) in [5.41, 5.74) is 8.37. The highest BCUT2D eigenvalue weighted by molar-refractivity contribution is 6.14. The summed E-state index contributed by atoms with van der Waals surface area (Å²) in [4.78, 5) is 14.3. The van der Waals surface area contributed by atoms with Gasteiger partial charge in [0.05, 0.1) is 23.6 Å². The van der Waals surface area contributed by atoms with Crippen LogP contribution in [0.15, 0.2) is 70.5 Å². The van der Waals surface area contributed by atoms with E-state index in [9.17, 15) is 18.0 Å². The van der Waals surface area contributed by atoms with E-state index in [4.69, 9.17) is 5.41 Å². The van der Waals surface area contributed by atoms with E-state index < -0.39 is 12.1 Å². The van der Waals surface area contributed by atoms with E-state index in [0.717, 1.165) is 27.3 Å². The van der Waals surface area contributed by atoms with Crippen LogP contribution in [0.2, 0.25) is 0 Å². The molecule has 1 aliphatic carbocycles. The molecule has 38 heavy (non-hydrogen) atoms. The highest BCUT2D eigenvalue weighted by atomic mass is 19.4. The number of nitrogens with zero attached hydrogens (tertiary/aromatic N) is 5. The van der Waals surface area contributed by atoms with Gasteiger partial charge in [0.15, 0.2) is 0 Å². The number of amides is 1. The van der Waals surface area contributed by atoms with Gasteiger partial charge in [-0.15, -0.1) is 0 Å². The van der Waals surface area contributed by atoms with Gasteiger partial charge in [-0.2, -0.15) is 23.4 Å². The fourth-order valence-corrected chi connectivity index (χ4v) is 4.29. The molecule has 2 N–H and O–H groups in total. The predicted molar refractivity (Wildman–Crippen MR) is 145 cm³/mol. The molecule has 11 heteroatoms. The molecule has 0 bridgehead atoms. The number of alkyl halides is 3. The van der Waals surface area contributed by atoms with Gasteiger partial charge in [0.25, 0.3) is 0 Å². The summed E-state index contributed by atoms with van der Waals surface area (Å²) < 4.78 is 39.8. The van der Waals surface area contributed by atoms with Crippen LogP contribution >= 0.6 is 0 Å². The highest BCUT2D eigenvalue weighted by Crippen LogP contribution is 2.29. The number of halogens is 3. The second-order valence-electron chi connectivity index (χ2n) is 8.75. The third-order valence-electron chi connectivity index (χ3n) is 6.28. The maximum atomic E-state index is 12.7. The summed E-state index contributed by atoms with van der Waals surface area (Å²) >= 11 is 0. The first-order valence-electron chi connectivity index (χ1n) is 12.1. The SMILES string of the molecule is C=Nn1c(CN2CCN(C(=O)C(F)(F)F)CC2)cc(C2=CC(=C)/C(=N\NCC(/C=C\C)=C/C)C=C2)c1C=N. The van der Waals surface area contributed by atoms with Crippen LogP contribution in [0.5, 0.6) is 0 Å². The first kappa shape index (κ1) is 28.6. The minimum atomic E-state index is -4.87. The van der Waals surface area contributed by atoms with Crippen molar-refractivity contribution >= 4 is 30.1 Å². The van der Waals surface area contributed by atoms with Crippen molar-refractivity contribution in [1.29, 1.82) is 5.41 Å². The molecule has 0 aromatic carbocycles.